The minimum absolute atomic E-state index is 0.0905. The van der Waals surface area contributed by atoms with Crippen molar-refractivity contribution in [3.63, 3.8) is 0 Å². The number of hydrogen-bond donors (Lipinski definition) is 3. The number of rotatable bonds is 14. The Labute approximate surface area is 138 Å². The Morgan fingerprint density at radius 1 is 0.870 bits per heavy atom. The summed E-state index contributed by atoms with van der Waals surface area (Å²) in [5, 5.41) is 20.3. The normalized spacial score (nSPS) is 13.3. The second kappa shape index (κ2) is 12.9. The van der Waals surface area contributed by atoms with Gasteiger partial charge < -0.3 is 15.5 Å². The highest BCUT2D eigenvalue weighted by Gasteiger charge is 2.25. The molecule has 0 aromatic carbocycles. The number of nitrogens with one attached hydrogen (secondary N) is 1. The number of hydrogen-bond acceptors (Lipinski definition) is 3. The number of carboxylic acids is 2. The van der Waals surface area contributed by atoms with E-state index in [9.17, 15) is 14.4 Å². The molecule has 0 aromatic rings. The van der Waals surface area contributed by atoms with E-state index in [1.165, 1.54) is 0 Å². The van der Waals surface area contributed by atoms with Crippen molar-refractivity contribution in [1.82, 2.24) is 5.32 Å². The lowest BCUT2D eigenvalue weighted by Gasteiger charge is -2.20. The fourth-order valence-electron chi connectivity index (χ4n) is 2.49. The lowest BCUT2D eigenvalue weighted by molar-refractivity contribution is -0.143. The molecule has 134 valence electrons. The monoisotopic (exact) mass is 329 g/mol. The molecule has 0 rings (SSSR count). The predicted octanol–water partition coefficient (Wildman–Crippen LogP) is 3.20. The molecule has 0 saturated heterocycles. The number of carboxylic acid groups (broad SMARTS) is 2. The average Bonchev–Trinajstić information content (AvgIpc) is 2.49. The van der Waals surface area contributed by atoms with Crippen LogP contribution in [0, 0.1) is 5.92 Å². The fraction of sp³-hybridized carbons (Fsp3) is 0.824. The Morgan fingerprint density at radius 3 is 2.00 bits per heavy atom. The Balaban J connectivity index is 4.55. The second-order valence-electron chi connectivity index (χ2n) is 6.02. The van der Waals surface area contributed by atoms with Crippen LogP contribution in [0.15, 0.2) is 0 Å². The summed E-state index contributed by atoms with van der Waals surface area (Å²) in [7, 11) is 0. The van der Waals surface area contributed by atoms with Gasteiger partial charge >= 0.3 is 11.9 Å². The third-order valence-corrected chi connectivity index (χ3v) is 3.94. The van der Waals surface area contributed by atoms with Crippen molar-refractivity contribution < 1.29 is 24.6 Å². The molecule has 2 atom stereocenters. The second-order valence-corrected chi connectivity index (χ2v) is 6.02. The Kier molecular flexibility index (Phi) is 12.0. The summed E-state index contributed by atoms with van der Waals surface area (Å²) in [5.74, 6) is -2.68. The van der Waals surface area contributed by atoms with Gasteiger partial charge in [-0.05, 0) is 19.3 Å². The molecule has 1 amide bonds. The molecule has 23 heavy (non-hydrogen) atoms. The van der Waals surface area contributed by atoms with Gasteiger partial charge in [-0.1, -0.05) is 52.4 Å². The van der Waals surface area contributed by atoms with Gasteiger partial charge in [-0.3, -0.25) is 9.59 Å². The summed E-state index contributed by atoms with van der Waals surface area (Å²) in [6.07, 6.45) is 7.37. The SMILES string of the molecule is CCCCCCC(CCCC)C(=O)N[C@@H](CCC(=O)O)C(=O)O. The largest absolute Gasteiger partial charge is 0.481 e. The highest BCUT2D eigenvalue weighted by Crippen LogP contribution is 2.18. The maximum Gasteiger partial charge on any atom is 0.326 e. The number of unbranched alkanes of at least 4 members (excludes halogenated alkanes) is 4. The van der Waals surface area contributed by atoms with Crippen LogP contribution in [0.1, 0.15) is 78.1 Å². The summed E-state index contributed by atoms with van der Waals surface area (Å²) >= 11 is 0. The van der Waals surface area contributed by atoms with Crippen molar-refractivity contribution in [2.45, 2.75) is 84.1 Å². The number of amides is 1. The van der Waals surface area contributed by atoms with Gasteiger partial charge in [0.25, 0.3) is 0 Å². The molecule has 0 aliphatic carbocycles. The Bertz CT molecular complexity index is 370. The number of carbonyl (C=O) groups excluding carboxylic acids is 1. The zero-order chi connectivity index (χ0) is 17.7. The molecule has 0 aliphatic rings. The summed E-state index contributed by atoms with van der Waals surface area (Å²) in [6, 6.07) is -1.13. The van der Waals surface area contributed by atoms with Crippen molar-refractivity contribution in [1.29, 1.82) is 0 Å². The zero-order valence-electron chi connectivity index (χ0n) is 14.3. The van der Waals surface area contributed by atoms with Crippen molar-refractivity contribution in [3.05, 3.63) is 0 Å². The molecule has 3 N–H and O–H groups in total. The first kappa shape index (κ1) is 21.4. The third-order valence-electron chi connectivity index (χ3n) is 3.94. The predicted molar refractivity (Wildman–Crippen MR) is 88.2 cm³/mol. The molecule has 0 fully saturated rings. The average molecular weight is 329 g/mol. The van der Waals surface area contributed by atoms with Crippen LogP contribution >= 0.6 is 0 Å². The van der Waals surface area contributed by atoms with Crippen LogP contribution in [0.5, 0.6) is 0 Å². The van der Waals surface area contributed by atoms with E-state index >= 15 is 0 Å². The maximum atomic E-state index is 12.4. The van der Waals surface area contributed by atoms with Crippen LogP contribution in [-0.4, -0.2) is 34.1 Å². The van der Waals surface area contributed by atoms with Crippen LogP contribution < -0.4 is 5.32 Å². The third kappa shape index (κ3) is 10.7. The van der Waals surface area contributed by atoms with E-state index in [1.54, 1.807) is 0 Å². The molecule has 0 saturated carbocycles. The molecule has 0 spiro atoms. The van der Waals surface area contributed by atoms with Crippen LogP contribution in [0.25, 0.3) is 0 Å². The molecule has 0 heterocycles. The van der Waals surface area contributed by atoms with Gasteiger partial charge in [-0.2, -0.15) is 0 Å². The molecule has 0 aromatic heterocycles. The van der Waals surface area contributed by atoms with E-state index in [4.69, 9.17) is 10.2 Å². The van der Waals surface area contributed by atoms with Crippen LogP contribution in [0.3, 0.4) is 0 Å². The van der Waals surface area contributed by atoms with Gasteiger partial charge in [0.05, 0.1) is 0 Å². The standard InChI is InChI=1S/C17H31NO5/c1-3-5-7-8-10-13(9-6-4-2)16(21)18-14(17(22)23)11-12-15(19)20/h13-14H,3-12H2,1-2H3,(H,18,21)(H,19,20)(H,22,23)/t13?,14-/m0/s1. The van der Waals surface area contributed by atoms with Crippen molar-refractivity contribution in [2.75, 3.05) is 0 Å². The summed E-state index contributed by atoms with van der Waals surface area (Å²) < 4.78 is 0. The van der Waals surface area contributed by atoms with E-state index in [2.05, 4.69) is 19.2 Å². The van der Waals surface area contributed by atoms with Crippen molar-refractivity contribution in [3.8, 4) is 0 Å². The van der Waals surface area contributed by atoms with Gasteiger partial charge in [0.15, 0.2) is 0 Å². The van der Waals surface area contributed by atoms with E-state index in [0.29, 0.717) is 0 Å². The van der Waals surface area contributed by atoms with Crippen LogP contribution in [-0.2, 0) is 14.4 Å². The summed E-state index contributed by atoms with van der Waals surface area (Å²) in [4.78, 5) is 34.1. The smallest absolute Gasteiger partial charge is 0.326 e. The van der Waals surface area contributed by atoms with Crippen LogP contribution in [0.4, 0.5) is 0 Å². The van der Waals surface area contributed by atoms with E-state index in [1.807, 2.05) is 0 Å². The van der Waals surface area contributed by atoms with Gasteiger partial charge in [-0.15, -0.1) is 0 Å². The van der Waals surface area contributed by atoms with Crippen molar-refractivity contribution in [2.24, 2.45) is 5.92 Å². The fourth-order valence-corrected chi connectivity index (χ4v) is 2.49. The van der Waals surface area contributed by atoms with Gasteiger partial charge in [-0.25, -0.2) is 4.79 Å². The van der Waals surface area contributed by atoms with E-state index in [0.717, 1.165) is 51.4 Å². The molecule has 6 nitrogen and oxygen atoms in total. The lowest BCUT2D eigenvalue weighted by atomic mass is 9.94. The molecule has 0 radical (unpaired) electrons. The Morgan fingerprint density at radius 2 is 1.48 bits per heavy atom. The van der Waals surface area contributed by atoms with Crippen LogP contribution in [0.2, 0.25) is 0 Å². The zero-order valence-corrected chi connectivity index (χ0v) is 14.3. The molecule has 6 heteroatoms. The number of carbonyl (C=O) groups is 3. The molecular formula is C17H31NO5. The summed E-state index contributed by atoms with van der Waals surface area (Å²) in [6.45, 7) is 4.18. The Hall–Kier alpha value is -1.59. The topological polar surface area (TPSA) is 104 Å². The van der Waals surface area contributed by atoms with Crippen molar-refractivity contribution >= 4 is 17.8 Å². The molecular weight excluding hydrogens is 298 g/mol. The van der Waals surface area contributed by atoms with Gasteiger partial charge in [0.2, 0.25) is 5.91 Å². The minimum atomic E-state index is -1.18. The van der Waals surface area contributed by atoms with Gasteiger partial charge in [0, 0.05) is 12.3 Å². The highest BCUT2D eigenvalue weighted by atomic mass is 16.4. The first-order valence-electron chi connectivity index (χ1n) is 8.67. The first-order valence-corrected chi connectivity index (χ1v) is 8.67. The molecule has 1 unspecified atom stereocenters. The molecule has 0 aliphatic heterocycles. The first-order chi connectivity index (χ1) is 10.9. The molecule has 0 bridgehead atoms. The summed E-state index contributed by atoms with van der Waals surface area (Å²) in [5.41, 5.74) is 0. The lowest BCUT2D eigenvalue weighted by Crippen LogP contribution is -2.44. The number of aliphatic carboxylic acids is 2. The highest BCUT2D eigenvalue weighted by molar-refractivity contribution is 5.85. The van der Waals surface area contributed by atoms with E-state index in [-0.39, 0.29) is 24.7 Å². The van der Waals surface area contributed by atoms with Gasteiger partial charge in [0.1, 0.15) is 6.04 Å². The maximum absolute atomic E-state index is 12.4. The quantitative estimate of drug-likeness (QED) is 0.425. The van der Waals surface area contributed by atoms with E-state index < -0.39 is 18.0 Å². The minimum Gasteiger partial charge on any atom is -0.481 e.